The van der Waals surface area contributed by atoms with E-state index in [-0.39, 0.29) is 17.8 Å². The summed E-state index contributed by atoms with van der Waals surface area (Å²) in [6.45, 7) is 2.59. The fraction of sp³-hybridized carbons (Fsp3) is 0.467. The molecule has 0 saturated carbocycles. The number of ether oxygens (including phenoxy) is 1. The van der Waals surface area contributed by atoms with Gasteiger partial charge in [0.15, 0.2) is 5.78 Å². The lowest BCUT2D eigenvalue weighted by Crippen LogP contribution is -2.28. The first-order chi connectivity index (χ1) is 9.19. The van der Waals surface area contributed by atoms with E-state index in [1.54, 1.807) is 24.3 Å². The van der Waals surface area contributed by atoms with Crippen LogP contribution in [0.25, 0.3) is 0 Å². The fourth-order valence-electron chi connectivity index (χ4n) is 2.59. The molecular formula is C15H16ClNO2. The molecule has 0 radical (unpaired) electrons. The molecule has 1 fully saturated rings. The highest BCUT2D eigenvalue weighted by atomic mass is 35.5. The summed E-state index contributed by atoms with van der Waals surface area (Å²) in [5, 5.41) is 9.79. The maximum absolute atomic E-state index is 12.5. The van der Waals surface area contributed by atoms with Crippen molar-refractivity contribution in [2.45, 2.75) is 31.8 Å². The Hall–Kier alpha value is -1.37. The molecule has 1 heterocycles. The van der Waals surface area contributed by atoms with Gasteiger partial charge in [0.25, 0.3) is 0 Å². The Balaban J connectivity index is 2.26. The summed E-state index contributed by atoms with van der Waals surface area (Å²) in [6.07, 6.45) is 1.42. The number of Topliss-reactive ketones (excluding diaryl/α,β-unsaturated/α-hetero) is 1. The quantitative estimate of drug-likeness (QED) is 0.848. The minimum atomic E-state index is -0.797. The largest absolute Gasteiger partial charge is 0.377 e. The van der Waals surface area contributed by atoms with Crippen LogP contribution in [0.3, 0.4) is 0 Å². The van der Waals surface area contributed by atoms with Gasteiger partial charge in [0, 0.05) is 17.5 Å². The summed E-state index contributed by atoms with van der Waals surface area (Å²) in [4.78, 5) is 12.5. The first kappa shape index (κ1) is 14.0. The summed E-state index contributed by atoms with van der Waals surface area (Å²) in [5.74, 6) is -1.06. The minimum absolute atomic E-state index is 0.0640. The lowest BCUT2D eigenvalue weighted by atomic mass is 9.84. The lowest BCUT2D eigenvalue weighted by molar-refractivity contribution is -0.124. The Kier molecular flexibility index (Phi) is 4.57. The van der Waals surface area contributed by atoms with Crippen LogP contribution in [0, 0.1) is 17.2 Å². The van der Waals surface area contributed by atoms with Crippen LogP contribution in [0.15, 0.2) is 24.3 Å². The Morgan fingerprint density at radius 1 is 1.58 bits per heavy atom. The van der Waals surface area contributed by atoms with Crippen LogP contribution in [0.1, 0.15) is 31.2 Å². The topological polar surface area (TPSA) is 50.1 Å². The van der Waals surface area contributed by atoms with E-state index in [2.05, 4.69) is 6.07 Å². The Bertz CT molecular complexity index is 509. The molecule has 0 N–H and O–H groups in total. The maximum atomic E-state index is 12.5. The molecule has 1 aromatic rings. The third-order valence-corrected chi connectivity index (χ3v) is 3.95. The fourth-order valence-corrected chi connectivity index (χ4v) is 2.83. The molecular weight excluding hydrogens is 262 g/mol. The average molecular weight is 278 g/mol. The molecule has 4 heteroatoms. The number of ketones is 1. The minimum Gasteiger partial charge on any atom is -0.377 e. The number of hydrogen-bond donors (Lipinski definition) is 0. The normalized spacial score (nSPS) is 23.8. The highest BCUT2D eigenvalue weighted by Crippen LogP contribution is 2.32. The molecule has 0 aliphatic carbocycles. The maximum Gasteiger partial charge on any atom is 0.160 e. The van der Waals surface area contributed by atoms with E-state index in [0.717, 1.165) is 6.42 Å². The molecule has 0 amide bonds. The van der Waals surface area contributed by atoms with Crippen molar-refractivity contribution >= 4 is 17.4 Å². The molecule has 3 atom stereocenters. The first-order valence-electron chi connectivity index (χ1n) is 6.48. The zero-order valence-electron chi connectivity index (χ0n) is 10.8. The Morgan fingerprint density at radius 2 is 2.32 bits per heavy atom. The second-order valence-corrected chi connectivity index (χ2v) is 5.11. The molecule has 2 rings (SSSR count). The second kappa shape index (κ2) is 6.18. The highest BCUT2D eigenvalue weighted by Gasteiger charge is 2.37. The summed E-state index contributed by atoms with van der Waals surface area (Å²) in [6, 6.07) is 9.12. The van der Waals surface area contributed by atoms with E-state index < -0.39 is 5.92 Å². The van der Waals surface area contributed by atoms with Crippen molar-refractivity contribution < 1.29 is 9.53 Å². The standard InChI is InChI=1S/C15H16ClNO2/c1-2-14-11(7-8-19-14)15(18)12(9-17)10-5-3-4-6-13(10)16/h3-6,11-12,14H,2,7-8H2,1H3. The number of nitriles is 1. The van der Waals surface area contributed by atoms with Crippen LogP contribution in [0.2, 0.25) is 5.02 Å². The SMILES string of the molecule is CCC1OCCC1C(=O)C(C#N)c1ccccc1Cl. The van der Waals surface area contributed by atoms with E-state index in [1.165, 1.54) is 0 Å². The number of carbonyl (C=O) groups excluding carboxylic acids is 1. The Morgan fingerprint density at radius 3 is 2.95 bits per heavy atom. The van der Waals surface area contributed by atoms with Gasteiger partial charge in [0.05, 0.1) is 12.2 Å². The monoisotopic (exact) mass is 277 g/mol. The van der Waals surface area contributed by atoms with Gasteiger partial charge in [-0.1, -0.05) is 36.7 Å². The van der Waals surface area contributed by atoms with Crippen molar-refractivity contribution in [1.82, 2.24) is 0 Å². The van der Waals surface area contributed by atoms with Gasteiger partial charge >= 0.3 is 0 Å². The first-order valence-corrected chi connectivity index (χ1v) is 6.86. The molecule has 0 bridgehead atoms. The van der Waals surface area contributed by atoms with Crippen molar-refractivity contribution in [3.63, 3.8) is 0 Å². The highest BCUT2D eigenvalue weighted by molar-refractivity contribution is 6.31. The summed E-state index contributed by atoms with van der Waals surface area (Å²) < 4.78 is 5.53. The zero-order valence-corrected chi connectivity index (χ0v) is 11.6. The number of benzene rings is 1. The number of hydrogen-bond acceptors (Lipinski definition) is 3. The molecule has 1 aliphatic rings. The van der Waals surface area contributed by atoms with Crippen LogP contribution in [-0.2, 0) is 9.53 Å². The van der Waals surface area contributed by atoms with E-state index in [4.69, 9.17) is 16.3 Å². The van der Waals surface area contributed by atoms with E-state index in [1.807, 2.05) is 6.92 Å². The van der Waals surface area contributed by atoms with Gasteiger partial charge in [-0.25, -0.2) is 0 Å². The Labute approximate surface area is 118 Å². The molecule has 1 aromatic carbocycles. The number of halogens is 1. The predicted molar refractivity (Wildman–Crippen MR) is 73.0 cm³/mol. The van der Waals surface area contributed by atoms with Gasteiger partial charge in [0.1, 0.15) is 5.92 Å². The third-order valence-electron chi connectivity index (χ3n) is 3.61. The van der Waals surface area contributed by atoms with Gasteiger partial charge in [-0.05, 0) is 24.5 Å². The zero-order chi connectivity index (χ0) is 13.8. The molecule has 3 nitrogen and oxygen atoms in total. The van der Waals surface area contributed by atoms with Crippen LogP contribution in [-0.4, -0.2) is 18.5 Å². The third kappa shape index (κ3) is 2.80. The molecule has 0 spiro atoms. The van der Waals surface area contributed by atoms with Crippen molar-refractivity contribution in [2.24, 2.45) is 5.92 Å². The van der Waals surface area contributed by atoms with Crippen LogP contribution in [0.4, 0.5) is 0 Å². The molecule has 3 unspecified atom stereocenters. The van der Waals surface area contributed by atoms with Crippen molar-refractivity contribution in [3.05, 3.63) is 34.9 Å². The van der Waals surface area contributed by atoms with Gasteiger partial charge in [0.2, 0.25) is 0 Å². The number of nitrogens with zero attached hydrogens (tertiary/aromatic N) is 1. The van der Waals surface area contributed by atoms with Gasteiger partial charge < -0.3 is 4.74 Å². The van der Waals surface area contributed by atoms with Gasteiger partial charge in [-0.3, -0.25) is 4.79 Å². The van der Waals surface area contributed by atoms with E-state index in [0.29, 0.717) is 23.6 Å². The van der Waals surface area contributed by atoms with E-state index >= 15 is 0 Å². The second-order valence-electron chi connectivity index (χ2n) is 4.70. The summed E-state index contributed by atoms with van der Waals surface area (Å²) in [7, 11) is 0. The molecule has 1 aliphatic heterocycles. The summed E-state index contributed by atoms with van der Waals surface area (Å²) in [5.41, 5.74) is 0.596. The predicted octanol–water partition coefficient (Wildman–Crippen LogP) is 3.33. The van der Waals surface area contributed by atoms with Crippen LogP contribution >= 0.6 is 11.6 Å². The van der Waals surface area contributed by atoms with Crippen molar-refractivity contribution in [3.8, 4) is 6.07 Å². The van der Waals surface area contributed by atoms with Crippen LogP contribution in [0.5, 0.6) is 0 Å². The number of rotatable bonds is 4. The van der Waals surface area contributed by atoms with Crippen LogP contribution < -0.4 is 0 Å². The molecule has 19 heavy (non-hydrogen) atoms. The van der Waals surface area contributed by atoms with Crippen molar-refractivity contribution in [1.29, 1.82) is 5.26 Å². The van der Waals surface area contributed by atoms with E-state index in [9.17, 15) is 10.1 Å². The van der Waals surface area contributed by atoms with Gasteiger partial charge in [-0.2, -0.15) is 5.26 Å². The molecule has 0 aromatic heterocycles. The van der Waals surface area contributed by atoms with Crippen molar-refractivity contribution in [2.75, 3.05) is 6.61 Å². The molecule has 1 saturated heterocycles. The number of carbonyl (C=O) groups is 1. The lowest BCUT2D eigenvalue weighted by Gasteiger charge is -2.19. The average Bonchev–Trinajstić information content (AvgIpc) is 2.89. The van der Waals surface area contributed by atoms with Gasteiger partial charge in [-0.15, -0.1) is 0 Å². The summed E-state index contributed by atoms with van der Waals surface area (Å²) >= 11 is 6.08. The smallest absolute Gasteiger partial charge is 0.160 e. The molecule has 100 valence electrons.